The van der Waals surface area contributed by atoms with Gasteiger partial charge >= 0.3 is 11.9 Å². The molecule has 0 amide bonds. The first-order chi connectivity index (χ1) is 24.7. The van der Waals surface area contributed by atoms with Crippen LogP contribution in [0.1, 0.15) is 68.6 Å². The van der Waals surface area contributed by atoms with E-state index in [0.717, 1.165) is 45.3 Å². The van der Waals surface area contributed by atoms with Crippen LogP contribution in [0, 0.1) is 10.1 Å². The molecule has 5 rings (SSSR count). The zero-order valence-electron chi connectivity index (χ0n) is 29.5. The van der Waals surface area contributed by atoms with Gasteiger partial charge in [0.25, 0.3) is 5.69 Å². The molecule has 0 saturated carbocycles. The molecule has 1 atom stereocenters. The molecule has 0 spiro atoms. The lowest BCUT2D eigenvalue weighted by Crippen LogP contribution is -2.43. The number of allylic oxidation sites excluding steroid dienone is 1. The molecule has 11 nitrogen and oxygen atoms in total. The number of nitrogens with two attached hydrogens (primary N) is 1. The average molecular weight is 697 g/mol. The Hall–Kier alpha value is -5.00. The fourth-order valence-electron chi connectivity index (χ4n) is 7.07. The highest BCUT2D eigenvalue weighted by Crippen LogP contribution is 2.42. The molecule has 3 aromatic carbocycles. The van der Waals surface area contributed by atoms with E-state index in [2.05, 4.69) is 77.8 Å². The van der Waals surface area contributed by atoms with Crippen LogP contribution in [0.4, 0.5) is 5.69 Å². The number of benzene rings is 3. The molecule has 1 fully saturated rings. The van der Waals surface area contributed by atoms with Crippen LogP contribution in [-0.4, -0.2) is 67.8 Å². The van der Waals surface area contributed by atoms with Gasteiger partial charge in [0, 0.05) is 36.4 Å². The van der Waals surface area contributed by atoms with Gasteiger partial charge in [-0.25, -0.2) is 9.59 Å². The van der Waals surface area contributed by atoms with E-state index in [1.165, 1.54) is 29.3 Å². The highest BCUT2D eigenvalue weighted by atomic mass is 16.6. The number of nitrogens with zero attached hydrogens (tertiary/aromatic N) is 2. The van der Waals surface area contributed by atoms with Crippen LogP contribution in [0.3, 0.4) is 0 Å². The Labute approximate surface area is 299 Å². The Morgan fingerprint density at radius 1 is 0.863 bits per heavy atom. The number of carbonyl (C=O) groups is 2. The van der Waals surface area contributed by atoms with Gasteiger partial charge in [-0.3, -0.25) is 10.1 Å². The lowest BCUT2D eigenvalue weighted by atomic mass is 9.68. The van der Waals surface area contributed by atoms with Crippen molar-refractivity contribution in [2.75, 3.05) is 46.1 Å². The number of carbonyl (C=O) groups excluding carboxylic acids is 2. The summed E-state index contributed by atoms with van der Waals surface area (Å²) in [5.41, 5.74) is 9.61. The Morgan fingerprint density at radius 3 is 2.12 bits per heavy atom. The highest BCUT2D eigenvalue weighted by molar-refractivity contribution is 5.99. The molecule has 2 aliphatic rings. The van der Waals surface area contributed by atoms with E-state index in [1.54, 1.807) is 13.0 Å². The van der Waals surface area contributed by atoms with Crippen molar-refractivity contribution in [2.24, 2.45) is 5.73 Å². The Bertz CT molecular complexity index is 1680. The number of hydrogen-bond acceptors (Lipinski definition) is 10. The zero-order valence-corrected chi connectivity index (χ0v) is 29.5. The van der Waals surface area contributed by atoms with Gasteiger partial charge in [-0.05, 0) is 62.4 Å². The summed E-state index contributed by atoms with van der Waals surface area (Å²) in [5.74, 6) is -2.42. The minimum Gasteiger partial charge on any atom is -0.462 e. The minimum absolute atomic E-state index is 0.00429. The van der Waals surface area contributed by atoms with Crippen LogP contribution in [0.15, 0.2) is 108 Å². The smallest absolute Gasteiger partial charge is 0.338 e. The number of esters is 2. The number of nitro benzene ring substituents is 1. The maximum atomic E-state index is 13.8. The van der Waals surface area contributed by atoms with Crippen molar-refractivity contribution in [2.45, 2.75) is 57.3 Å². The molecule has 0 aliphatic carbocycles. The van der Waals surface area contributed by atoms with Gasteiger partial charge in [0.05, 0.1) is 35.2 Å². The largest absolute Gasteiger partial charge is 0.462 e. The van der Waals surface area contributed by atoms with Crippen molar-refractivity contribution in [1.29, 1.82) is 0 Å². The summed E-state index contributed by atoms with van der Waals surface area (Å²) < 4.78 is 16.8. The van der Waals surface area contributed by atoms with Crippen molar-refractivity contribution >= 4 is 17.6 Å². The van der Waals surface area contributed by atoms with E-state index < -0.39 is 22.8 Å². The SMILES string of the molecule is CCCCOCCOC(=O)C1=C(N)NC(C)=C(C(=O)OCCCN2CCC(c3ccccc3)(c3ccccc3)CC2)C1c1cccc([N+](=O)[O-])c1. The fourth-order valence-corrected chi connectivity index (χ4v) is 7.07. The molecule has 11 heteroatoms. The number of dihydropyridines is 1. The topological polar surface area (TPSA) is 146 Å². The van der Waals surface area contributed by atoms with Crippen LogP contribution in [-0.2, 0) is 29.2 Å². The van der Waals surface area contributed by atoms with E-state index >= 15 is 0 Å². The molecule has 270 valence electrons. The molecule has 0 aromatic heterocycles. The van der Waals surface area contributed by atoms with E-state index in [-0.39, 0.29) is 47.9 Å². The lowest BCUT2D eigenvalue weighted by molar-refractivity contribution is -0.384. The minimum atomic E-state index is -1.04. The van der Waals surface area contributed by atoms with E-state index in [9.17, 15) is 19.7 Å². The summed E-state index contributed by atoms with van der Waals surface area (Å²) in [6.07, 6.45) is 4.43. The van der Waals surface area contributed by atoms with E-state index in [4.69, 9.17) is 19.9 Å². The van der Waals surface area contributed by atoms with Crippen LogP contribution in [0.2, 0.25) is 0 Å². The fraction of sp³-hybridized carbons (Fsp3) is 0.400. The number of non-ortho nitro benzene ring substituents is 1. The van der Waals surface area contributed by atoms with Gasteiger partial charge in [-0.2, -0.15) is 0 Å². The van der Waals surface area contributed by atoms with E-state index in [1.807, 2.05) is 0 Å². The van der Waals surface area contributed by atoms with Gasteiger partial charge in [-0.1, -0.05) is 86.1 Å². The van der Waals surface area contributed by atoms with Crippen molar-refractivity contribution < 1.29 is 28.7 Å². The van der Waals surface area contributed by atoms with Crippen molar-refractivity contribution in [3.8, 4) is 0 Å². The number of nitro groups is 1. The third kappa shape index (κ3) is 9.03. The number of likely N-dealkylation sites (tertiary alicyclic amines) is 1. The predicted octanol–water partition coefficient (Wildman–Crippen LogP) is 6.10. The summed E-state index contributed by atoms with van der Waals surface area (Å²) in [4.78, 5) is 40.8. The number of ether oxygens (including phenoxy) is 3. The maximum Gasteiger partial charge on any atom is 0.338 e. The van der Waals surface area contributed by atoms with Gasteiger partial charge in [0.15, 0.2) is 0 Å². The van der Waals surface area contributed by atoms with Gasteiger partial charge in [0.2, 0.25) is 0 Å². The molecule has 3 aromatic rings. The van der Waals surface area contributed by atoms with Gasteiger partial charge < -0.3 is 30.2 Å². The number of hydrogen-bond donors (Lipinski definition) is 2. The molecule has 0 bridgehead atoms. The third-order valence-electron chi connectivity index (χ3n) is 9.77. The molecule has 3 N–H and O–H groups in total. The van der Waals surface area contributed by atoms with Crippen molar-refractivity contribution in [3.63, 3.8) is 0 Å². The first kappa shape index (κ1) is 37.3. The summed E-state index contributed by atoms with van der Waals surface area (Å²) in [7, 11) is 0. The first-order valence-corrected chi connectivity index (χ1v) is 17.7. The zero-order chi connectivity index (χ0) is 36.2. The standard InChI is InChI=1S/C40H48N4O7/c1-3-4-24-49-26-27-51-39(46)36-35(30-13-11-18-33(28-30)44(47)48)34(29(2)42-37(36)41)38(45)50-25-12-21-43-22-19-40(20-23-43,31-14-7-5-8-15-31)32-16-9-6-10-17-32/h5-11,13-18,28,35,42H,3-4,12,19-27,41H2,1-2H3. The van der Waals surface area contributed by atoms with Crippen LogP contribution >= 0.6 is 0 Å². The number of piperidine rings is 1. The molecule has 1 saturated heterocycles. The summed E-state index contributed by atoms with van der Waals surface area (Å²) in [6.45, 7) is 7.17. The monoisotopic (exact) mass is 696 g/mol. The quantitative estimate of drug-likeness (QED) is 0.0780. The highest BCUT2D eigenvalue weighted by Gasteiger charge is 2.40. The van der Waals surface area contributed by atoms with E-state index in [0.29, 0.717) is 24.3 Å². The van der Waals surface area contributed by atoms with Gasteiger partial charge in [0.1, 0.15) is 12.4 Å². The second-order valence-corrected chi connectivity index (χ2v) is 13.0. The normalized spacial score (nSPS) is 17.5. The second kappa shape index (κ2) is 17.8. The molecule has 51 heavy (non-hydrogen) atoms. The number of rotatable bonds is 16. The summed E-state index contributed by atoms with van der Waals surface area (Å²) in [5, 5.41) is 14.6. The Balaban J connectivity index is 1.24. The molecule has 2 aliphatic heterocycles. The van der Waals surface area contributed by atoms with Gasteiger partial charge in [-0.15, -0.1) is 0 Å². The molecular weight excluding hydrogens is 648 g/mol. The number of nitrogens with one attached hydrogen (secondary N) is 1. The summed E-state index contributed by atoms with van der Waals surface area (Å²) in [6, 6.07) is 27.2. The molecule has 0 radical (unpaired) electrons. The molecule has 1 unspecified atom stereocenters. The number of unbranched alkanes of at least 4 members (excludes halogenated alkanes) is 1. The lowest BCUT2D eigenvalue weighted by Gasteiger charge is -2.43. The van der Waals surface area contributed by atoms with Crippen molar-refractivity contribution in [3.05, 3.63) is 134 Å². The molecular formula is C40H48N4O7. The van der Waals surface area contributed by atoms with Crippen LogP contribution in [0.5, 0.6) is 0 Å². The Morgan fingerprint density at radius 2 is 1.49 bits per heavy atom. The molecule has 2 heterocycles. The average Bonchev–Trinajstić information content (AvgIpc) is 3.15. The van der Waals surface area contributed by atoms with Crippen LogP contribution in [0.25, 0.3) is 0 Å². The Kier molecular flexibility index (Phi) is 13.0. The second-order valence-electron chi connectivity index (χ2n) is 13.0. The first-order valence-electron chi connectivity index (χ1n) is 17.7. The maximum absolute atomic E-state index is 13.8. The van der Waals surface area contributed by atoms with Crippen molar-refractivity contribution in [1.82, 2.24) is 10.2 Å². The van der Waals surface area contributed by atoms with Crippen LogP contribution < -0.4 is 11.1 Å². The predicted molar refractivity (Wildman–Crippen MR) is 194 cm³/mol. The summed E-state index contributed by atoms with van der Waals surface area (Å²) >= 11 is 0. The third-order valence-corrected chi connectivity index (χ3v) is 9.77.